The topological polar surface area (TPSA) is 94.3 Å². The van der Waals surface area contributed by atoms with E-state index in [0.717, 1.165) is 17.4 Å². The van der Waals surface area contributed by atoms with Gasteiger partial charge in [0.2, 0.25) is 10.2 Å². The molecule has 8 nitrogen and oxygen atoms in total. The van der Waals surface area contributed by atoms with Gasteiger partial charge < -0.3 is 4.74 Å². The molecule has 3 aromatic rings. The zero-order valence-electron chi connectivity index (χ0n) is 13.5. The molecule has 132 valence electrons. The summed E-state index contributed by atoms with van der Waals surface area (Å²) in [6.45, 7) is 0. The first kappa shape index (κ1) is 17.9. The standard InChI is InChI=1S/C16H13ClN6O2S/c1-25-15(24)14(19-18-13-10-6-5-9-12(13)17)26-16-20-21-22-23(16)11-7-3-2-4-8-11/h2-10,18H,1H3/b19-14-. The fourth-order valence-corrected chi connectivity index (χ4v) is 2.84. The van der Waals surface area contributed by atoms with Gasteiger partial charge in [0.05, 0.1) is 23.5 Å². The molecule has 10 heteroatoms. The highest BCUT2D eigenvalue weighted by molar-refractivity contribution is 8.15. The average Bonchev–Trinajstić information content (AvgIpc) is 3.14. The quantitative estimate of drug-likeness (QED) is 0.241. The van der Waals surface area contributed by atoms with Gasteiger partial charge in [-0.05, 0) is 46.5 Å². The molecule has 0 spiro atoms. The normalized spacial score (nSPS) is 11.2. The van der Waals surface area contributed by atoms with Crippen LogP contribution < -0.4 is 5.43 Å². The van der Waals surface area contributed by atoms with Gasteiger partial charge in [-0.3, -0.25) is 5.43 Å². The van der Waals surface area contributed by atoms with E-state index >= 15 is 0 Å². The molecule has 1 aromatic heterocycles. The van der Waals surface area contributed by atoms with E-state index in [-0.39, 0.29) is 5.04 Å². The van der Waals surface area contributed by atoms with E-state index in [1.807, 2.05) is 30.3 Å². The highest BCUT2D eigenvalue weighted by atomic mass is 35.5. The first-order valence-electron chi connectivity index (χ1n) is 7.37. The lowest BCUT2D eigenvalue weighted by molar-refractivity contribution is -0.132. The van der Waals surface area contributed by atoms with Crippen molar-refractivity contribution < 1.29 is 9.53 Å². The molecule has 1 heterocycles. The summed E-state index contributed by atoms with van der Waals surface area (Å²) >= 11 is 7.05. The number of carbonyl (C=O) groups excluding carboxylic acids is 1. The van der Waals surface area contributed by atoms with Crippen LogP contribution in [-0.2, 0) is 9.53 Å². The number of tetrazole rings is 1. The molecule has 0 saturated carbocycles. The second-order valence-corrected chi connectivity index (χ2v) is 6.17. The van der Waals surface area contributed by atoms with E-state index in [9.17, 15) is 4.79 Å². The van der Waals surface area contributed by atoms with Gasteiger partial charge in [-0.15, -0.1) is 5.10 Å². The van der Waals surface area contributed by atoms with Gasteiger partial charge in [-0.25, -0.2) is 4.79 Å². The minimum atomic E-state index is -0.628. The molecule has 2 aromatic carbocycles. The molecular formula is C16H13ClN6O2S. The molecule has 0 aliphatic rings. The summed E-state index contributed by atoms with van der Waals surface area (Å²) in [5.74, 6) is -0.628. The van der Waals surface area contributed by atoms with Crippen LogP contribution in [0.5, 0.6) is 0 Å². The number of hydrogen-bond acceptors (Lipinski definition) is 8. The molecule has 0 atom stereocenters. The lowest BCUT2D eigenvalue weighted by Crippen LogP contribution is -2.15. The maximum Gasteiger partial charge on any atom is 0.365 e. The largest absolute Gasteiger partial charge is 0.464 e. The number of halogens is 1. The number of nitrogens with zero attached hydrogens (tertiary/aromatic N) is 5. The van der Waals surface area contributed by atoms with Gasteiger partial charge in [-0.2, -0.15) is 9.78 Å². The van der Waals surface area contributed by atoms with Crippen LogP contribution in [0.1, 0.15) is 0 Å². The Labute approximate surface area is 158 Å². The number of rotatable bonds is 4. The van der Waals surface area contributed by atoms with E-state index in [1.54, 1.807) is 24.3 Å². The SMILES string of the molecule is COC(=O)/C(=N/Nc1ccccc1Cl)Sc1nnnn1-c1ccccc1. The molecule has 0 fully saturated rings. The third-order valence-electron chi connectivity index (χ3n) is 3.14. The Kier molecular flexibility index (Phi) is 5.82. The molecule has 0 saturated heterocycles. The molecular weight excluding hydrogens is 376 g/mol. The predicted octanol–water partition coefficient (Wildman–Crippen LogP) is 3.01. The van der Waals surface area contributed by atoms with Crippen LogP contribution in [0.25, 0.3) is 5.69 Å². The summed E-state index contributed by atoms with van der Waals surface area (Å²) in [4.78, 5) is 12.1. The number of aromatic nitrogens is 4. The number of para-hydroxylation sites is 2. The molecule has 0 aliphatic carbocycles. The summed E-state index contributed by atoms with van der Waals surface area (Å²) in [5.41, 5.74) is 4.06. The monoisotopic (exact) mass is 388 g/mol. The number of methoxy groups -OCH3 is 1. The van der Waals surface area contributed by atoms with E-state index in [2.05, 4.69) is 26.1 Å². The van der Waals surface area contributed by atoms with Crippen molar-refractivity contribution in [3.8, 4) is 5.69 Å². The van der Waals surface area contributed by atoms with E-state index in [4.69, 9.17) is 16.3 Å². The van der Waals surface area contributed by atoms with Gasteiger partial charge in [-0.1, -0.05) is 41.9 Å². The van der Waals surface area contributed by atoms with Crippen LogP contribution in [0, 0.1) is 0 Å². The third-order valence-corrected chi connectivity index (χ3v) is 4.36. The number of benzene rings is 2. The summed E-state index contributed by atoms with van der Waals surface area (Å²) in [7, 11) is 1.27. The summed E-state index contributed by atoms with van der Waals surface area (Å²) in [6.07, 6.45) is 0. The summed E-state index contributed by atoms with van der Waals surface area (Å²) < 4.78 is 6.28. The van der Waals surface area contributed by atoms with Crippen molar-refractivity contribution in [2.45, 2.75) is 5.16 Å². The molecule has 0 bridgehead atoms. The highest BCUT2D eigenvalue weighted by Crippen LogP contribution is 2.23. The molecule has 3 rings (SSSR count). The minimum Gasteiger partial charge on any atom is -0.464 e. The number of thioether (sulfide) groups is 1. The van der Waals surface area contributed by atoms with Crippen LogP contribution in [0.4, 0.5) is 5.69 Å². The zero-order chi connectivity index (χ0) is 18.4. The molecule has 0 amide bonds. The maximum atomic E-state index is 12.1. The fourth-order valence-electron chi connectivity index (χ4n) is 1.92. The Hall–Kier alpha value is -2.91. The fraction of sp³-hybridized carbons (Fsp3) is 0.0625. The molecule has 0 unspecified atom stereocenters. The first-order chi connectivity index (χ1) is 12.7. The van der Waals surface area contributed by atoms with Gasteiger partial charge in [0, 0.05) is 0 Å². The Morgan fingerprint density at radius 3 is 2.65 bits per heavy atom. The minimum absolute atomic E-state index is 0.0272. The number of hydrogen-bond donors (Lipinski definition) is 1. The Bertz CT molecular complexity index is 931. The number of hydrazone groups is 1. The van der Waals surface area contributed by atoms with Gasteiger partial charge in [0.15, 0.2) is 0 Å². The van der Waals surface area contributed by atoms with Crippen molar-refractivity contribution in [1.82, 2.24) is 20.2 Å². The average molecular weight is 389 g/mol. The first-order valence-corrected chi connectivity index (χ1v) is 8.56. The molecule has 0 aliphatic heterocycles. The Morgan fingerprint density at radius 1 is 1.19 bits per heavy atom. The van der Waals surface area contributed by atoms with Crippen molar-refractivity contribution in [2.75, 3.05) is 12.5 Å². The van der Waals surface area contributed by atoms with E-state index in [1.165, 1.54) is 11.8 Å². The lowest BCUT2D eigenvalue weighted by Gasteiger charge is -2.07. The molecule has 26 heavy (non-hydrogen) atoms. The van der Waals surface area contributed by atoms with Crippen molar-refractivity contribution in [1.29, 1.82) is 0 Å². The number of esters is 1. The number of anilines is 1. The van der Waals surface area contributed by atoms with Crippen LogP contribution in [0.3, 0.4) is 0 Å². The summed E-state index contributed by atoms with van der Waals surface area (Å²) in [5, 5.41) is 16.5. The van der Waals surface area contributed by atoms with Gasteiger partial charge >= 0.3 is 5.97 Å². The maximum absolute atomic E-state index is 12.1. The van der Waals surface area contributed by atoms with Crippen molar-refractivity contribution in [3.63, 3.8) is 0 Å². The second kappa shape index (κ2) is 8.45. The number of carbonyl (C=O) groups is 1. The lowest BCUT2D eigenvalue weighted by atomic mass is 10.3. The van der Waals surface area contributed by atoms with E-state index < -0.39 is 5.97 Å². The van der Waals surface area contributed by atoms with Crippen molar-refractivity contribution in [3.05, 3.63) is 59.6 Å². The zero-order valence-corrected chi connectivity index (χ0v) is 15.1. The Balaban J connectivity index is 1.87. The van der Waals surface area contributed by atoms with Gasteiger partial charge in [0.25, 0.3) is 0 Å². The van der Waals surface area contributed by atoms with Crippen LogP contribution in [0.2, 0.25) is 5.02 Å². The molecule has 1 N–H and O–H groups in total. The highest BCUT2D eigenvalue weighted by Gasteiger charge is 2.19. The summed E-state index contributed by atoms with van der Waals surface area (Å²) in [6, 6.07) is 16.3. The smallest absolute Gasteiger partial charge is 0.365 e. The second-order valence-electron chi connectivity index (χ2n) is 4.81. The van der Waals surface area contributed by atoms with Crippen molar-refractivity contribution >= 4 is 40.1 Å². The van der Waals surface area contributed by atoms with E-state index in [0.29, 0.717) is 15.9 Å². The van der Waals surface area contributed by atoms with Crippen LogP contribution in [0.15, 0.2) is 64.9 Å². The van der Waals surface area contributed by atoms with Crippen molar-refractivity contribution in [2.24, 2.45) is 5.10 Å². The number of ether oxygens (including phenoxy) is 1. The van der Waals surface area contributed by atoms with Crippen LogP contribution in [-0.4, -0.2) is 38.3 Å². The predicted molar refractivity (Wildman–Crippen MR) is 99.5 cm³/mol. The third kappa shape index (κ3) is 4.19. The van der Waals surface area contributed by atoms with Gasteiger partial charge in [0.1, 0.15) is 0 Å². The van der Waals surface area contributed by atoms with Crippen LogP contribution >= 0.6 is 23.4 Å². The number of nitrogens with one attached hydrogen (secondary N) is 1. The Morgan fingerprint density at radius 2 is 1.92 bits per heavy atom. The molecule has 0 radical (unpaired) electrons.